The average molecular weight is 356 g/mol. The van der Waals surface area contributed by atoms with Gasteiger partial charge in [0.25, 0.3) is 0 Å². The van der Waals surface area contributed by atoms with Crippen LogP contribution in [-0.2, 0) is 15.0 Å². The summed E-state index contributed by atoms with van der Waals surface area (Å²) in [6, 6.07) is 6.86. The molecule has 24 heavy (non-hydrogen) atoms. The van der Waals surface area contributed by atoms with Gasteiger partial charge >= 0.3 is 16.2 Å². The van der Waals surface area contributed by atoms with Gasteiger partial charge in [0.15, 0.2) is 0 Å². The predicted molar refractivity (Wildman–Crippen MR) is 91.5 cm³/mol. The molecule has 8 heteroatoms. The fourth-order valence-corrected chi connectivity index (χ4v) is 4.57. The molecule has 0 unspecified atom stereocenters. The van der Waals surface area contributed by atoms with Gasteiger partial charge in [-0.25, -0.2) is 0 Å². The molecule has 1 aliphatic heterocycles. The lowest BCUT2D eigenvalue weighted by Gasteiger charge is -2.34. The third kappa shape index (κ3) is 3.99. The molecule has 1 atom stereocenters. The third-order valence-electron chi connectivity index (χ3n) is 4.06. The van der Waals surface area contributed by atoms with Gasteiger partial charge in [-0.05, 0) is 51.0 Å². The first-order valence-corrected chi connectivity index (χ1v) is 9.53. The molecule has 1 aromatic carbocycles. The van der Waals surface area contributed by atoms with Crippen molar-refractivity contribution in [2.45, 2.75) is 26.7 Å². The summed E-state index contributed by atoms with van der Waals surface area (Å²) in [6.07, 6.45) is 1.06. The average Bonchev–Trinajstić information content (AvgIpc) is 2.57. The van der Waals surface area contributed by atoms with Crippen LogP contribution in [-0.4, -0.2) is 50.0 Å². The second kappa shape index (κ2) is 7.85. The first-order chi connectivity index (χ1) is 11.4. The van der Waals surface area contributed by atoms with Crippen LogP contribution in [0, 0.1) is 5.92 Å². The lowest BCUT2D eigenvalue weighted by atomic mass is 10.0. The molecule has 1 fully saturated rings. The Kier molecular flexibility index (Phi) is 6.06. The van der Waals surface area contributed by atoms with Crippen LogP contribution in [0.15, 0.2) is 24.3 Å². The summed E-state index contributed by atoms with van der Waals surface area (Å²) in [6.45, 7) is 4.81. The van der Waals surface area contributed by atoms with Crippen molar-refractivity contribution < 1.29 is 23.1 Å². The first kappa shape index (κ1) is 18.5. The van der Waals surface area contributed by atoms with Crippen molar-refractivity contribution in [3.8, 4) is 5.75 Å². The number of anilines is 1. The smallest absolute Gasteiger partial charge is 0.307 e. The van der Waals surface area contributed by atoms with E-state index in [2.05, 4.69) is 0 Å². The number of ether oxygens (including phenoxy) is 1. The van der Waals surface area contributed by atoms with Crippen molar-refractivity contribution in [2.24, 2.45) is 5.92 Å². The third-order valence-corrected chi connectivity index (χ3v) is 6.07. The van der Waals surface area contributed by atoms with E-state index in [1.165, 1.54) is 8.61 Å². The predicted octanol–water partition coefficient (Wildman–Crippen LogP) is 1.95. The van der Waals surface area contributed by atoms with Gasteiger partial charge in [-0.15, -0.1) is 0 Å². The number of nitrogens with zero attached hydrogens (tertiary/aromatic N) is 2. The van der Waals surface area contributed by atoms with Crippen LogP contribution in [0.5, 0.6) is 5.75 Å². The van der Waals surface area contributed by atoms with E-state index >= 15 is 0 Å². The molecule has 1 heterocycles. The Labute approximate surface area is 143 Å². The first-order valence-electron chi connectivity index (χ1n) is 8.13. The van der Waals surface area contributed by atoms with E-state index in [0.717, 1.165) is 0 Å². The zero-order chi connectivity index (χ0) is 17.7. The minimum Gasteiger partial charge on any atom is -0.494 e. The molecule has 1 aromatic rings. The van der Waals surface area contributed by atoms with Gasteiger partial charge in [0.05, 0.1) is 18.2 Å². The summed E-state index contributed by atoms with van der Waals surface area (Å²) in [5.41, 5.74) is 0.540. The van der Waals surface area contributed by atoms with Crippen LogP contribution >= 0.6 is 0 Å². The second-order valence-electron chi connectivity index (χ2n) is 5.63. The summed E-state index contributed by atoms with van der Waals surface area (Å²) in [5.74, 6) is -0.912. The van der Waals surface area contributed by atoms with Crippen molar-refractivity contribution >= 4 is 21.9 Å². The molecule has 0 bridgehead atoms. The van der Waals surface area contributed by atoms with Crippen molar-refractivity contribution in [3.63, 3.8) is 0 Å². The molecular formula is C16H24N2O5S. The lowest BCUT2D eigenvalue weighted by Crippen LogP contribution is -2.49. The number of piperidine rings is 1. The van der Waals surface area contributed by atoms with Crippen LogP contribution in [0.2, 0.25) is 0 Å². The molecule has 0 saturated carbocycles. The number of carboxylic acids is 1. The summed E-state index contributed by atoms with van der Waals surface area (Å²) in [4.78, 5) is 11.2. The Bertz CT molecular complexity index is 660. The van der Waals surface area contributed by atoms with Crippen LogP contribution in [0.25, 0.3) is 0 Å². The van der Waals surface area contributed by atoms with Gasteiger partial charge in [-0.2, -0.15) is 12.7 Å². The number of rotatable bonds is 7. The maximum absolute atomic E-state index is 12.9. The van der Waals surface area contributed by atoms with Gasteiger partial charge in [0, 0.05) is 19.6 Å². The maximum Gasteiger partial charge on any atom is 0.307 e. The number of carboxylic acid groups (broad SMARTS) is 1. The summed E-state index contributed by atoms with van der Waals surface area (Å²) >= 11 is 0. The van der Waals surface area contributed by atoms with Crippen molar-refractivity contribution in [2.75, 3.05) is 30.5 Å². The largest absolute Gasteiger partial charge is 0.494 e. The van der Waals surface area contributed by atoms with E-state index in [-0.39, 0.29) is 13.1 Å². The molecule has 1 N–H and O–H groups in total. The molecule has 2 rings (SSSR count). The molecule has 0 aliphatic carbocycles. The Morgan fingerprint density at radius 1 is 1.33 bits per heavy atom. The molecule has 0 radical (unpaired) electrons. The quantitative estimate of drug-likeness (QED) is 0.807. The maximum atomic E-state index is 12.9. The van der Waals surface area contributed by atoms with Crippen LogP contribution in [0.1, 0.15) is 26.7 Å². The number of carbonyl (C=O) groups is 1. The van der Waals surface area contributed by atoms with Crippen LogP contribution in [0.3, 0.4) is 0 Å². The number of benzene rings is 1. The fraction of sp³-hybridized carbons (Fsp3) is 0.562. The number of hydrogen-bond acceptors (Lipinski definition) is 4. The molecule has 0 aromatic heterocycles. The van der Waals surface area contributed by atoms with Gasteiger partial charge < -0.3 is 9.84 Å². The van der Waals surface area contributed by atoms with Gasteiger partial charge in [0.2, 0.25) is 0 Å². The molecular weight excluding hydrogens is 332 g/mol. The normalized spacial score (nSPS) is 19.0. The molecule has 0 amide bonds. The summed E-state index contributed by atoms with van der Waals surface area (Å²) in [7, 11) is -3.76. The fourth-order valence-electron chi connectivity index (χ4n) is 2.85. The molecule has 0 spiro atoms. The van der Waals surface area contributed by atoms with E-state index in [1.807, 2.05) is 6.92 Å². The van der Waals surface area contributed by atoms with Gasteiger partial charge in [-0.3, -0.25) is 9.10 Å². The van der Waals surface area contributed by atoms with Gasteiger partial charge in [-0.1, -0.05) is 0 Å². The highest BCUT2D eigenvalue weighted by Crippen LogP contribution is 2.26. The highest BCUT2D eigenvalue weighted by Gasteiger charge is 2.35. The van der Waals surface area contributed by atoms with E-state index in [4.69, 9.17) is 9.84 Å². The van der Waals surface area contributed by atoms with E-state index in [9.17, 15) is 13.2 Å². The van der Waals surface area contributed by atoms with E-state index in [1.54, 1.807) is 31.2 Å². The SMILES string of the molecule is CCOc1ccc(N(CC)S(=O)(=O)N2CCC[C@@H](C(=O)O)C2)cc1. The Hall–Kier alpha value is -1.80. The van der Waals surface area contributed by atoms with Crippen LogP contribution in [0.4, 0.5) is 5.69 Å². The second-order valence-corrected chi connectivity index (χ2v) is 7.49. The minimum absolute atomic E-state index is 0.0190. The molecule has 134 valence electrons. The van der Waals surface area contributed by atoms with Crippen molar-refractivity contribution in [1.29, 1.82) is 0 Å². The van der Waals surface area contributed by atoms with Crippen LogP contribution < -0.4 is 9.04 Å². The minimum atomic E-state index is -3.76. The van der Waals surface area contributed by atoms with E-state index in [0.29, 0.717) is 37.4 Å². The molecule has 1 saturated heterocycles. The zero-order valence-electron chi connectivity index (χ0n) is 14.0. The standard InChI is InChI=1S/C16H24N2O5S/c1-3-18(14-7-9-15(10-8-14)23-4-2)24(21,22)17-11-5-6-13(12-17)16(19)20/h7-10,13H,3-6,11-12H2,1-2H3,(H,19,20)/t13-/m1/s1. The highest BCUT2D eigenvalue weighted by molar-refractivity contribution is 7.90. The zero-order valence-corrected chi connectivity index (χ0v) is 14.8. The summed E-state index contributed by atoms with van der Waals surface area (Å²) in [5, 5.41) is 9.17. The molecule has 7 nitrogen and oxygen atoms in total. The number of hydrogen-bond donors (Lipinski definition) is 1. The van der Waals surface area contributed by atoms with Crippen molar-refractivity contribution in [3.05, 3.63) is 24.3 Å². The van der Waals surface area contributed by atoms with Crippen molar-refractivity contribution in [1.82, 2.24) is 4.31 Å². The Balaban J connectivity index is 2.22. The van der Waals surface area contributed by atoms with E-state index < -0.39 is 22.1 Å². The van der Waals surface area contributed by atoms with Gasteiger partial charge in [0.1, 0.15) is 5.75 Å². The number of aliphatic carboxylic acids is 1. The Morgan fingerprint density at radius 2 is 2.00 bits per heavy atom. The monoisotopic (exact) mass is 356 g/mol. The molecule has 1 aliphatic rings. The highest BCUT2D eigenvalue weighted by atomic mass is 32.2. The summed E-state index contributed by atoms with van der Waals surface area (Å²) < 4.78 is 33.8. The topological polar surface area (TPSA) is 87.2 Å². The Morgan fingerprint density at radius 3 is 2.54 bits per heavy atom. The lowest BCUT2D eigenvalue weighted by molar-refractivity contribution is -0.142.